The normalized spacial score (nSPS) is 13.9. The first-order valence-corrected chi connectivity index (χ1v) is 8.23. The van der Waals surface area contributed by atoms with E-state index in [1.807, 2.05) is 6.07 Å². The molecule has 0 aromatic heterocycles. The molecule has 0 aliphatic carbocycles. The maximum Gasteiger partial charge on any atom is 0.319 e. The molecular formula is C19H17N3O3. The Hall–Kier alpha value is -3.20. The standard InChI is InChI=1S/C19H17N3O3/c20-10-12-1-3-14(4-2-12)22-19(23)21-11-16-15-6-8-24-17(15)9-13-5-7-25-18(13)16/h1-4,9H,5-8,11H2,(H2,21,22,23). The summed E-state index contributed by atoms with van der Waals surface area (Å²) in [5, 5.41) is 14.5. The first kappa shape index (κ1) is 15.3. The highest BCUT2D eigenvalue weighted by Crippen LogP contribution is 2.40. The van der Waals surface area contributed by atoms with Crippen molar-refractivity contribution in [2.45, 2.75) is 19.4 Å². The number of ether oxygens (including phenoxy) is 2. The van der Waals surface area contributed by atoms with Crippen LogP contribution in [-0.2, 0) is 19.4 Å². The number of nitriles is 1. The summed E-state index contributed by atoms with van der Waals surface area (Å²) in [4.78, 5) is 12.2. The minimum absolute atomic E-state index is 0.298. The zero-order valence-corrected chi connectivity index (χ0v) is 13.6. The Bertz CT molecular complexity index is 837. The van der Waals surface area contributed by atoms with Crippen molar-refractivity contribution in [3.05, 3.63) is 52.6 Å². The van der Waals surface area contributed by atoms with Crippen LogP contribution in [0.4, 0.5) is 10.5 Å². The van der Waals surface area contributed by atoms with Crippen molar-refractivity contribution in [1.29, 1.82) is 5.26 Å². The van der Waals surface area contributed by atoms with Crippen LogP contribution in [0.1, 0.15) is 22.3 Å². The van der Waals surface area contributed by atoms with Crippen LogP contribution < -0.4 is 20.1 Å². The number of hydrogen-bond donors (Lipinski definition) is 2. The van der Waals surface area contributed by atoms with Gasteiger partial charge in [0.1, 0.15) is 11.5 Å². The second-order valence-corrected chi connectivity index (χ2v) is 6.01. The molecule has 0 radical (unpaired) electrons. The van der Waals surface area contributed by atoms with Crippen LogP contribution in [0.5, 0.6) is 11.5 Å². The molecule has 0 atom stereocenters. The molecule has 2 aliphatic heterocycles. The van der Waals surface area contributed by atoms with Crippen LogP contribution >= 0.6 is 0 Å². The second kappa shape index (κ2) is 6.36. The number of urea groups is 1. The number of carbonyl (C=O) groups excluding carboxylic acids is 1. The van der Waals surface area contributed by atoms with Crippen LogP contribution in [0.2, 0.25) is 0 Å². The minimum atomic E-state index is -0.298. The molecular weight excluding hydrogens is 318 g/mol. The third-order valence-electron chi connectivity index (χ3n) is 4.46. The van der Waals surface area contributed by atoms with E-state index in [9.17, 15) is 4.79 Å². The zero-order valence-electron chi connectivity index (χ0n) is 13.6. The molecule has 4 rings (SSSR count). The summed E-state index contributed by atoms with van der Waals surface area (Å²) in [7, 11) is 0. The molecule has 25 heavy (non-hydrogen) atoms. The lowest BCUT2D eigenvalue weighted by molar-refractivity contribution is 0.251. The van der Waals surface area contributed by atoms with Crippen LogP contribution in [-0.4, -0.2) is 19.2 Å². The molecule has 0 saturated carbocycles. The van der Waals surface area contributed by atoms with Gasteiger partial charge in [-0.05, 0) is 30.3 Å². The fourth-order valence-corrected chi connectivity index (χ4v) is 3.24. The van der Waals surface area contributed by atoms with Crippen LogP contribution in [0.3, 0.4) is 0 Å². The van der Waals surface area contributed by atoms with Gasteiger partial charge in [-0.3, -0.25) is 0 Å². The van der Waals surface area contributed by atoms with Crippen molar-refractivity contribution < 1.29 is 14.3 Å². The Kier molecular flexibility index (Phi) is 3.90. The molecule has 126 valence electrons. The van der Waals surface area contributed by atoms with Crippen molar-refractivity contribution in [3.63, 3.8) is 0 Å². The largest absolute Gasteiger partial charge is 0.493 e. The summed E-state index contributed by atoms with van der Waals surface area (Å²) in [5.74, 6) is 1.80. The van der Waals surface area contributed by atoms with Gasteiger partial charge in [-0.1, -0.05) is 0 Å². The second-order valence-electron chi connectivity index (χ2n) is 6.01. The average Bonchev–Trinajstić information content (AvgIpc) is 3.28. The average molecular weight is 335 g/mol. The minimum Gasteiger partial charge on any atom is -0.493 e. The van der Waals surface area contributed by atoms with E-state index in [-0.39, 0.29) is 6.03 Å². The number of carbonyl (C=O) groups is 1. The van der Waals surface area contributed by atoms with Gasteiger partial charge in [0, 0.05) is 41.8 Å². The van der Waals surface area contributed by atoms with Gasteiger partial charge in [-0.2, -0.15) is 5.26 Å². The van der Waals surface area contributed by atoms with E-state index in [1.54, 1.807) is 24.3 Å². The van der Waals surface area contributed by atoms with Crippen molar-refractivity contribution >= 4 is 11.7 Å². The molecule has 2 aromatic rings. The number of nitrogens with one attached hydrogen (secondary N) is 2. The van der Waals surface area contributed by atoms with E-state index in [0.717, 1.165) is 41.0 Å². The first-order chi connectivity index (χ1) is 12.2. The molecule has 0 unspecified atom stereocenters. The predicted molar refractivity (Wildman–Crippen MR) is 91.9 cm³/mol. The molecule has 2 N–H and O–H groups in total. The van der Waals surface area contributed by atoms with Crippen molar-refractivity contribution in [3.8, 4) is 17.6 Å². The Morgan fingerprint density at radius 1 is 1.16 bits per heavy atom. The molecule has 2 amide bonds. The fourth-order valence-electron chi connectivity index (χ4n) is 3.24. The molecule has 2 heterocycles. The van der Waals surface area contributed by atoms with Crippen LogP contribution in [0, 0.1) is 11.3 Å². The van der Waals surface area contributed by atoms with Gasteiger partial charge in [0.15, 0.2) is 0 Å². The third-order valence-corrected chi connectivity index (χ3v) is 4.46. The maximum atomic E-state index is 12.2. The number of anilines is 1. The van der Waals surface area contributed by atoms with Crippen LogP contribution in [0.25, 0.3) is 0 Å². The SMILES string of the molecule is N#Cc1ccc(NC(=O)NCc2c3c(cc4c2OCC4)OCC3)cc1. The summed E-state index contributed by atoms with van der Waals surface area (Å²) in [5.41, 5.74) is 4.47. The lowest BCUT2D eigenvalue weighted by Crippen LogP contribution is -2.28. The quantitative estimate of drug-likeness (QED) is 0.903. The van der Waals surface area contributed by atoms with Gasteiger partial charge < -0.3 is 20.1 Å². The Labute approximate surface area is 145 Å². The zero-order chi connectivity index (χ0) is 17.2. The number of hydrogen-bond acceptors (Lipinski definition) is 4. The number of amides is 2. The van der Waals surface area contributed by atoms with E-state index < -0.39 is 0 Å². The summed E-state index contributed by atoms with van der Waals surface area (Å²) in [6, 6.07) is 10.5. The van der Waals surface area contributed by atoms with Crippen molar-refractivity contribution in [2.75, 3.05) is 18.5 Å². The smallest absolute Gasteiger partial charge is 0.319 e. The van der Waals surface area contributed by atoms with Crippen molar-refractivity contribution in [1.82, 2.24) is 5.32 Å². The van der Waals surface area contributed by atoms with E-state index in [2.05, 4.69) is 16.7 Å². The summed E-state index contributed by atoms with van der Waals surface area (Å²) < 4.78 is 11.5. The number of fused-ring (bicyclic) bond motifs is 2. The van der Waals surface area contributed by atoms with E-state index in [4.69, 9.17) is 14.7 Å². The van der Waals surface area contributed by atoms with Gasteiger partial charge >= 0.3 is 6.03 Å². The first-order valence-electron chi connectivity index (χ1n) is 8.23. The molecule has 6 nitrogen and oxygen atoms in total. The predicted octanol–water partition coefficient (Wildman–Crippen LogP) is 2.75. The molecule has 0 saturated heterocycles. The summed E-state index contributed by atoms with van der Waals surface area (Å²) in [6.07, 6.45) is 1.70. The van der Waals surface area contributed by atoms with Gasteiger partial charge in [0.05, 0.1) is 24.8 Å². The topological polar surface area (TPSA) is 83.4 Å². The molecule has 2 aromatic carbocycles. The molecule has 0 spiro atoms. The van der Waals surface area contributed by atoms with Gasteiger partial charge in [0.2, 0.25) is 0 Å². The Morgan fingerprint density at radius 3 is 2.76 bits per heavy atom. The summed E-state index contributed by atoms with van der Waals surface area (Å²) >= 11 is 0. The van der Waals surface area contributed by atoms with E-state index >= 15 is 0 Å². The van der Waals surface area contributed by atoms with Crippen molar-refractivity contribution in [2.24, 2.45) is 0 Å². The lowest BCUT2D eigenvalue weighted by Gasteiger charge is -2.14. The van der Waals surface area contributed by atoms with Crippen LogP contribution in [0.15, 0.2) is 30.3 Å². The summed E-state index contributed by atoms with van der Waals surface area (Å²) in [6.45, 7) is 1.72. The Morgan fingerprint density at radius 2 is 1.96 bits per heavy atom. The Balaban J connectivity index is 1.46. The number of benzene rings is 2. The monoisotopic (exact) mass is 335 g/mol. The van der Waals surface area contributed by atoms with Gasteiger partial charge in [-0.15, -0.1) is 0 Å². The molecule has 2 aliphatic rings. The molecule has 6 heteroatoms. The maximum absolute atomic E-state index is 12.2. The highest BCUT2D eigenvalue weighted by Gasteiger charge is 2.26. The molecule has 0 bridgehead atoms. The van der Waals surface area contributed by atoms with E-state index in [1.165, 1.54) is 0 Å². The molecule has 0 fully saturated rings. The van der Waals surface area contributed by atoms with Gasteiger partial charge in [-0.25, -0.2) is 4.79 Å². The fraction of sp³-hybridized carbons (Fsp3) is 0.263. The number of rotatable bonds is 3. The highest BCUT2D eigenvalue weighted by atomic mass is 16.5. The van der Waals surface area contributed by atoms with Gasteiger partial charge in [0.25, 0.3) is 0 Å². The van der Waals surface area contributed by atoms with E-state index in [0.29, 0.717) is 31.0 Å². The lowest BCUT2D eigenvalue weighted by atomic mass is 9.99. The third kappa shape index (κ3) is 2.96. The number of nitrogens with zero attached hydrogens (tertiary/aromatic N) is 1. The highest BCUT2D eigenvalue weighted by molar-refractivity contribution is 5.89.